The van der Waals surface area contributed by atoms with Crippen molar-refractivity contribution < 1.29 is 4.12 Å². The Morgan fingerprint density at radius 1 is 0.522 bits per heavy atom. The van der Waals surface area contributed by atoms with Crippen molar-refractivity contribution in [2.24, 2.45) is 0 Å². The normalized spacial score (nSPS) is 20.1. The second-order valence-electron chi connectivity index (χ2n) is 12.5. The van der Waals surface area contributed by atoms with E-state index in [0.717, 1.165) is 0 Å². The van der Waals surface area contributed by atoms with E-state index in [1.807, 2.05) is 0 Å². The molecule has 23 heavy (non-hydrogen) atoms. The highest BCUT2D eigenvalue weighted by Crippen LogP contribution is 2.50. The Morgan fingerprint density at radius 3 is 0.870 bits per heavy atom. The summed E-state index contributed by atoms with van der Waals surface area (Å²) in [6.45, 7) is 34.8. The molecule has 2 unspecified atom stereocenters. The van der Waals surface area contributed by atoms with Gasteiger partial charge in [0.15, 0.2) is 16.6 Å². The molecule has 0 aromatic rings. The molecule has 0 aromatic carbocycles. The number of hydrogen-bond acceptors (Lipinski definition) is 1. The summed E-state index contributed by atoms with van der Waals surface area (Å²) in [4.78, 5) is 0. The van der Waals surface area contributed by atoms with Crippen LogP contribution in [-0.2, 0) is 4.12 Å². The fourth-order valence-corrected chi connectivity index (χ4v) is 32.2. The zero-order chi connectivity index (χ0) is 19.1. The van der Waals surface area contributed by atoms with E-state index in [1.165, 1.54) is 11.3 Å². The summed E-state index contributed by atoms with van der Waals surface area (Å²) in [5.74, 6) is 0. The van der Waals surface area contributed by atoms with E-state index in [1.54, 1.807) is 0 Å². The molecule has 1 nitrogen and oxygen atoms in total. The summed E-state index contributed by atoms with van der Waals surface area (Å²) in [5.41, 5.74) is 2.77. The Kier molecular flexibility index (Phi) is 7.10. The molecule has 0 radical (unpaired) electrons. The SMILES string of the molecule is CC(C)(C)[Si](C)(C[Si](C)(C)C)O[Si](C)(C[Si](C)(C)C)C(C)(C)C. The smallest absolute Gasteiger partial charge is 0.179 e. The van der Waals surface area contributed by atoms with Gasteiger partial charge in [0.1, 0.15) is 0 Å². The van der Waals surface area contributed by atoms with Crippen LogP contribution in [0.15, 0.2) is 0 Å². The Balaban J connectivity index is 5.91. The minimum Gasteiger partial charge on any atom is -0.455 e. The van der Waals surface area contributed by atoms with Gasteiger partial charge in [-0.15, -0.1) is 0 Å². The van der Waals surface area contributed by atoms with Gasteiger partial charge in [-0.3, -0.25) is 0 Å². The van der Waals surface area contributed by atoms with E-state index in [9.17, 15) is 0 Å². The predicted molar refractivity (Wildman–Crippen MR) is 120 cm³/mol. The van der Waals surface area contributed by atoms with E-state index in [4.69, 9.17) is 4.12 Å². The van der Waals surface area contributed by atoms with E-state index < -0.39 is 32.8 Å². The van der Waals surface area contributed by atoms with Gasteiger partial charge in [-0.1, -0.05) is 80.8 Å². The summed E-state index contributed by atoms with van der Waals surface area (Å²) in [7, 11) is -5.87. The summed E-state index contributed by atoms with van der Waals surface area (Å²) >= 11 is 0. The molecular formula is C18H46OSi4. The highest BCUT2D eigenvalue weighted by atomic mass is 28.5. The van der Waals surface area contributed by atoms with Crippen LogP contribution in [0.2, 0.25) is 73.8 Å². The highest BCUT2D eigenvalue weighted by molar-refractivity contribution is 7.01. The van der Waals surface area contributed by atoms with Crippen LogP contribution in [0.3, 0.4) is 0 Å². The summed E-state index contributed by atoms with van der Waals surface area (Å²) in [6.07, 6.45) is 0. The molecule has 0 aromatic heterocycles. The largest absolute Gasteiger partial charge is 0.455 e. The molecule has 0 aliphatic carbocycles. The van der Waals surface area contributed by atoms with E-state index in [-0.39, 0.29) is 0 Å². The lowest BCUT2D eigenvalue weighted by Crippen LogP contribution is -2.61. The molecule has 0 saturated heterocycles. The number of hydrogen-bond donors (Lipinski definition) is 0. The van der Waals surface area contributed by atoms with E-state index in [0.29, 0.717) is 10.1 Å². The highest BCUT2D eigenvalue weighted by Gasteiger charge is 2.53. The van der Waals surface area contributed by atoms with Gasteiger partial charge in [0.25, 0.3) is 0 Å². The molecule has 0 saturated carbocycles. The maximum absolute atomic E-state index is 7.45. The molecule has 2 atom stereocenters. The van der Waals surface area contributed by atoms with Crippen LogP contribution in [0.4, 0.5) is 0 Å². The van der Waals surface area contributed by atoms with Crippen molar-refractivity contribution in [2.75, 3.05) is 0 Å². The molecule has 0 spiro atoms. The zero-order valence-electron chi connectivity index (χ0n) is 18.8. The fourth-order valence-electron chi connectivity index (χ4n) is 3.43. The third kappa shape index (κ3) is 7.30. The Morgan fingerprint density at radius 2 is 0.739 bits per heavy atom. The molecule has 0 aliphatic rings. The summed E-state index contributed by atoms with van der Waals surface area (Å²) in [6, 6.07) is 0. The van der Waals surface area contributed by atoms with Crippen molar-refractivity contribution >= 4 is 32.8 Å². The van der Waals surface area contributed by atoms with Gasteiger partial charge in [-0.05, 0) is 34.5 Å². The third-order valence-electron chi connectivity index (χ3n) is 5.36. The second kappa shape index (κ2) is 6.86. The van der Waals surface area contributed by atoms with Gasteiger partial charge in [0.05, 0.1) is 0 Å². The lowest BCUT2D eigenvalue weighted by molar-refractivity contribution is 0.443. The lowest BCUT2D eigenvalue weighted by atomic mass is 10.2. The molecule has 0 aliphatic heterocycles. The first-order valence-electron chi connectivity index (χ1n) is 9.32. The van der Waals surface area contributed by atoms with E-state index in [2.05, 4.69) is 93.9 Å². The Labute approximate surface area is 152 Å². The van der Waals surface area contributed by atoms with Gasteiger partial charge in [0.2, 0.25) is 0 Å². The molecule has 0 heterocycles. The fraction of sp³-hybridized carbons (Fsp3) is 1.00. The second-order valence-corrected chi connectivity index (χ2v) is 34.3. The molecule has 0 rings (SSSR count). The van der Waals surface area contributed by atoms with Crippen LogP contribution in [0.1, 0.15) is 41.5 Å². The average Bonchev–Trinajstić information content (AvgIpc) is 2.05. The van der Waals surface area contributed by atoms with Crippen LogP contribution >= 0.6 is 0 Å². The monoisotopic (exact) mass is 390 g/mol. The quantitative estimate of drug-likeness (QED) is 0.426. The van der Waals surface area contributed by atoms with Gasteiger partial charge >= 0.3 is 0 Å². The van der Waals surface area contributed by atoms with Crippen molar-refractivity contribution in [3.8, 4) is 0 Å². The molecule has 140 valence electrons. The average molecular weight is 391 g/mol. The van der Waals surface area contributed by atoms with Gasteiger partial charge in [-0.2, -0.15) is 0 Å². The standard InChI is InChI=1S/C18H46OSi4/c1-17(2,3)22(13,15-20(7,8)9)19-23(14,18(4,5)6)16-21(10,11)12/h15-16H2,1-14H3. The molecule has 0 amide bonds. The molecule has 0 bridgehead atoms. The van der Waals surface area contributed by atoms with Crippen LogP contribution in [0.25, 0.3) is 0 Å². The van der Waals surface area contributed by atoms with Crippen molar-refractivity contribution in [1.29, 1.82) is 0 Å². The maximum atomic E-state index is 7.45. The zero-order valence-corrected chi connectivity index (χ0v) is 22.8. The summed E-state index contributed by atoms with van der Waals surface area (Å²) in [5, 5.41) is 0.623. The Bertz CT molecular complexity index is 357. The summed E-state index contributed by atoms with van der Waals surface area (Å²) < 4.78 is 7.45. The van der Waals surface area contributed by atoms with E-state index >= 15 is 0 Å². The molecular weight excluding hydrogens is 345 g/mol. The Hall–Kier alpha value is 0.828. The van der Waals surface area contributed by atoms with Gasteiger partial charge in [-0.25, -0.2) is 0 Å². The van der Waals surface area contributed by atoms with Crippen molar-refractivity contribution in [2.45, 2.75) is 115 Å². The first-order chi connectivity index (χ1) is 9.62. The topological polar surface area (TPSA) is 9.23 Å². The van der Waals surface area contributed by atoms with Crippen LogP contribution in [-0.4, -0.2) is 32.8 Å². The molecule has 0 fully saturated rings. The maximum Gasteiger partial charge on any atom is 0.179 e. The third-order valence-corrected chi connectivity index (χ3v) is 29.2. The predicted octanol–water partition coefficient (Wildman–Crippen LogP) is 7.51. The number of rotatable bonds is 6. The molecule has 5 heteroatoms. The van der Waals surface area contributed by atoms with Crippen molar-refractivity contribution in [1.82, 2.24) is 0 Å². The first-order valence-corrected chi connectivity index (χ1v) is 22.0. The van der Waals surface area contributed by atoms with Crippen LogP contribution in [0, 0.1) is 0 Å². The van der Waals surface area contributed by atoms with Crippen molar-refractivity contribution in [3.05, 3.63) is 0 Å². The first kappa shape index (κ1) is 23.8. The van der Waals surface area contributed by atoms with Gasteiger partial charge < -0.3 is 4.12 Å². The minimum atomic E-state index is -1.79. The van der Waals surface area contributed by atoms with Crippen molar-refractivity contribution in [3.63, 3.8) is 0 Å². The van der Waals surface area contributed by atoms with Crippen LogP contribution < -0.4 is 0 Å². The van der Waals surface area contributed by atoms with Gasteiger partial charge in [0, 0.05) is 16.1 Å². The minimum absolute atomic E-state index is 0.312. The lowest BCUT2D eigenvalue weighted by Gasteiger charge is -2.53. The van der Waals surface area contributed by atoms with Crippen LogP contribution in [0.5, 0.6) is 0 Å². The molecule has 0 N–H and O–H groups in total.